The molecule has 3 rings (SSSR count). The molecular weight excluding hydrogens is 330 g/mol. The van der Waals surface area contributed by atoms with E-state index >= 15 is 0 Å². The van der Waals surface area contributed by atoms with Gasteiger partial charge in [0.05, 0.1) is 5.56 Å². The lowest BCUT2D eigenvalue weighted by molar-refractivity contribution is 0.0696. The number of nitrogens with one attached hydrogen (secondary N) is 2. The molecule has 1 aromatic carbocycles. The highest BCUT2D eigenvalue weighted by molar-refractivity contribution is 5.87. The lowest BCUT2D eigenvalue weighted by atomic mass is 9.96. The lowest BCUT2D eigenvalue weighted by Crippen LogP contribution is -2.50. The Labute approximate surface area is 155 Å². The average molecular weight is 359 g/mol. The molecule has 1 saturated heterocycles. The SMILES string of the molecule is O=C(NC1CCCCC1)NC1CCN(Cc2cccc(C(=O)O)c2)CC1. The van der Waals surface area contributed by atoms with Crippen molar-refractivity contribution in [1.82, 2.24) is 15.5 Å². The molecule has 142 valence electrons. The molecule has 1 aliphatic carbocycles. The van der Waals surface area contributed by atoms with Crippen LogP contribution in [0.3, 0.4) is 0 Å². The van der Waals surface area contributed by atoms with Gasteiger partial charge in [-0.05, 0) is 43.4 Å². The van der Waals surface area contributed by atoms with Gasteiger partial charge in [-0.2, -0.15) is 0 Å². The molecule has 2 aliphatic rings. The minimum atomic E-state index is -0.890. The maximum atomic E-state index is 12.2. The molecule has 0 unspecified atom stereocenters. The first kappa shape index (κ1) is 18.7. The highest BCUT2D eigenvalue weighted by atomic mass is 16.4. The number of carboxylic acid groups (broad SMARTS) is 1. The Hall–Kier alpha value is -2.08. The summed E-state index contributed by atoms with van der Waals surface area (Å²) in [7, 11) is 0. The molecule has 6 nitrogen and oxygen atoms in total. The van der Waals surface area contributed by atoms with Crippen LogP contribution in [0, 0.1) is 0 Å². The molecule has 0 spiro atoms. The third kappa shape index (κ3) is 5.46. The molecule has 26 heavy (non-hydrogen) atoms. The van der Waals surface area contributed by atoms with Crippen LogP contribution in [0.2, 0.25) is 0 Å². The van der Waals surface area contributed by atoms with Crippen molar-refractivity contribution >= 4 is 12.0 Å². The highest BCUT2D eigenvalue weighted by Gasteiger charge is 2.22. The molecule has 0 radical (unpaired) electrons. The lowest BCUT2D eigenvalue weighted by Gasteiger charge is -2.33. The predicted molar refractivity (Wildman–Crippen MR) is 100 cm³/mol. The third-order valence-electron chi connectivity index (χ3n) is 5.44. The van der Waals surface area contributed by atoms with Crippen LogP contribution < -0.4 is 10.6 Å². The Bertz CT molecular complexity index is 620. The van der Waals surface area contributed by atoms with Gasteiger partial charge in [-0.25, -0.2) is 9.59 Å². The summed E-state index contributed by atoms with van der Waals surface area (Å²) in [5.74, 6) is -0.890. The van der Waals surface area contributed by atoms with E-state index < -0.39 is 5.97 Å². The number of hydrogen-bond donors (Lipinski definition) is 3. The van der Waals surface area contributed by atoms with Crippen LogP contribution in [0.5, 0.6) is 0 Å². The summed E-state index contributed by atoms with van der Waals surface area (Å²) >= 11 is 0. The fourth-order valence-electron chi connectivity index (χ4n) is 3.96. The van der Waals surface area contributed by atoms with Crippen LogP contribution in [0.15, 0.2) is 24.3 Å². The van der Waals surface area contributed by atoms with E-state index in [0.717, 1.165) is 50.9 Å². The molecular formula is C20H29N3O3. The standard InChI is InChI=1S/C20H29N3O3/c24-19(25)16-6-4-5-15(13-16)14-23-11-9-18(10-12-23)22-20(26)21-17-7-2-1-3-8-17/h4-6,13,17-18H,1-3,7-12,14H2,(H,24,25)(H2,21,22,26). The summed E-state index contributed by atoms with van der Waals surface area (Å²) < 4.78 is 0. The van der Waals surface area contributed by atoms with Crippen molar-refractivity contribution in [3.63, 3.8) is 0 Å². The van der Waals surface area contributed by atoms with E-state index in [-0.39, 0.29) is 12.1 Å². The van der Waals surface area contributed by atoms with Crippen LogP contribution in [0.4, 0.5) is 4.79 Å². The number of carbonyl (C=O) groups is 2. The number of carbonyl (C=O) groups excluding carboxylic acids is 1. The number of aromatic carboxylic acids is 1. The molecule has 1 saturated carbocycles. The van der Waals surface area contributed by atoms with Crippen LogP contribution >= 0.6 is 0 Å². The number of hydrogen-bond acceptors (Lipinski definition) is 3. The van der Waals surface area contributed by atoms with Gasteiger partial charge in [-0.1, -0.05) is 31.4 Å². The van der Waals surface area contributed by atoms with E-state index in [0.29, 0.717) is 11.6 Å². The third-order valence-corrected chi connectivity index (χ3v) is 5.44. The summed E-state index contributed by atoms with van der Waals surface area (Å²) in [6, 6.07) is 7.66. The van der Waals surface area contributed by atoms with Gasteiger partial charge >= 0.3 is 12.0 Å². The predicted octanol–water partition coefficient (Wildman–Crippen LogP) is 2.98. The van der Waals surface area contributed by atoms with Crippen molar-refractivity contribution < 1.29 is 14.7 Å². The van der Waals surface area contributed by atoms with Crippen LogP contribution in [-0.4, -0.2) is 47.2 Å². The van der Waals surface area contributed by atoms with Crippen molar-refractivity contribution in [1.29, 1.82) is 0 Å². The highest BCUT2D eigenvalue weighted by Crippen LogP contribution is 2.18. The Morgan fingerprint density at radius 1 is 1.00 bits per heavy atom. The molecule has 1 aromatic rings. The fraction of sp³-hybridized carbons (Fsp3) is 0.600. The Morgan fingerprint density at radius 3 is 2.31 bits per heavy atom. The minimum Gasteiger partial charge on any atom is -0.478 e. The molecule has 0 aromatic heterocycles. The van der Waals surface area contributed by atoms with E-state index in [4.69, 9.17) is 5.11 Å². The molecule has 3 N–H and O–H groups in total. The van der Waals surface area contributed by atoms with Crippen molar-refractivity contribution in [2.24, 2.45) is 0 Å². The number of urea groups is 1. The summed E-state index contributed by atoms with van der Waals surface area (Å²) in [6.45, 7) is 2.57. The van der Waals surface area contributed by atoms with Crippen LogP contribution in [-0.2, 0) is 6.54 Å². The number of piperidine rings is 1. The average Bonchev–Trinajstić information content (AvgIpc) is 2.64. The second kappa shape index (κ2) is 9.03. The van der Waals surface area contributed by atoms with E-state index in [1.54, 1.807) is 18.2 Å². The Morgan fingerprint density at radius 2 is 1.65 bits per heavy atom. The zero-order chi connectivity index (χ0) is 18.4. The van der Waals surface area contributed by atoms with Gasteiger partial charge in [-0.3, -0.25) is 4.90 Å². The number of amides is 2. The van der Waals surface area contributed by atoms with Gasteiger partial charge in [0.2, 0.25) is 0 Å². The van der Waals surface area contributed by atoms with Crippen molar-refractivity contribution in [2.75, 3.05) is 13.1 Å². The molecule has 0 bridgehead atoms. The normalized spacial score (nSPS) is 19.8. The summed E-state index contributed by atoms with van der Waals surface area (Å²) in [4.78, 5) is 25.6. The Balaban J connectivity index is 1.40. The quantitative estimate of drug-likeness (QED) is 0.755. The smallest absolute Gasteiger partial charge is 0.335 e. The second-order valence-electron chi connectivity index (χ2n) is 7.51. The van der Waals surface area contributed by atoms with Crippen molar-refractivity contribution in [3.05, 3.63) is 35.4 Å². The van der Waals surface area contributed by atoms with E-state index in [1.807, 2.05) is 6.07 Å². The molecule has 0 atom stereocenters. The topological polar surface area (TPSA) is 81.7 Å². The fourth-order valence-corrected chi connectivity index (χ4v) is 3.96. The first-order valence-electron chi connectivity index (χ1n) is 9.72. The monoisotopic (exact) mass is 359 g/mol. The maximum absolute atomic E-state index is 12.2. The number of rotatable bonds is 5. The van der Waals surface area contributed by atoms with Gasteiger partial charge in [0.1, 0.15) is 0 Å². The number of carboxylic acids is 1. The van der Waals surface area contributed by atoms with Gasteiger partial charge in [-0.15, -0.1) is 0 Å². The van der Waals surface area contributed by atoms with Gasteiger partial charge in [0.15, 0.2) is 0 Å². The van der Waals surface area contributed by atoms with E-state index in [9.17, 15) is 9.59 Å². The van der Waals surface area contributed by atoms with E-state index in [2.05, 4.69) is 15.5 Å². The summed E-state index contributed by atoms with van der Waals surface area (Å²) in [6.07, 6.45) is 7.77. The minimum absolute atomic E-state index is 0.0236. The molecule has 1 heterocycles. The molecule has 1 aliphatic heterocycles. The van der Waals surface area contributed by atoms with Gasteiger partial charge < -0.3 is 15.7 Å². The number of benzene rings is 1. The molecule has 2 fully saturated rings. The molecule has 2 amide bonds. The van der Waals surface area contributed by atoms with E-state index in [1.165, 1.54) is 19.3 Å². The van der Waals surface area contributed by atoms with Crippen molar-refractivity contribution in [3.8, 4) is 0 Å². The maximum Gasteiger partial charge on any atom is 0.335 e. The first-order valence-corrected chi connectivity index (χ1v) is 9.72. The Kier molecular flexibility index (Phi) is 6.50. The number of likely N-dealkylation sites (tertiary alicyclic amines) is 1. The van der Waals surface area contributed by atoms with Crippen LogP contribution in [0.25, 0.3) is 0 Å². The van der Waals surface area contributed by atoms with Gasteiger partial charge in [0, 0.05) is 31.7 Å². The largest absolute Gasteiger partial charge is 0.478 e. The van der Waals surface area contributed by atoms with Crippen LogP contribution in [0.1, 0.15) is 60.9 Å². The zero-order valence-corrected chi connectivity index (χ0v) is 15.2. The zero-order valence-electron chi connectivity index (χ0n) is 15.2. The summed E-state index contributed by atoms with van der Waals surface area (Å²) in [5, 5.41) is 15.3. The second-order valence-corrected chi connectivity index (χ2v) is 7.51. The van der Waals surface area contributed by atoms with Crippen molar-refractivity contribution in [2.45, 2.75) is 63.6 Å². The summed E-state index contributed by atoms with van der Waals surface area (Å²) in [5.41, 5.74) is 1.35. The molecule has 6 heteroatoms. The van der Waals surface area contributed by atoms with Gasteiger partial charge in [0.25, 0.3) is 0 Å². The first-order chi connectivity index (χ1) is 12.6. The number of nitrogens with zero attached hydrogens (tertiary/aromatic N) is 1.